The molecule has 0 bridgehead atoms. The van der Waals surface area contributed by atoms with E-state index >= 15 is 0 Å². The zero-order chi connectivity index (χ0) is 23.1. The number of nitrogens with zero attached hydrogens (tertiary/aromatic N) is 1. The second-order valence-corrected chi connectivity index (χ2v) is 9.85. The molecule has 0 aliphatic heterocycles. The smallest absolute Gasteiger partial charge is 0.338 e. The highest BCUT2D eigenvalue weighted by Gasteiger charge is 2.13. The number of amides is 1. The third-order valence-electron chi connectivity index (χ3n) is 4.38. The highest BCUT2D eigenvalue weighted by atomic mass is 32.2. The number of carbonyl (C=O) groups is 2. The molecule has 8 nitrogen and oxygen atoms in total. The van der Waals surface area contributed by atoms with Crippen molar-refractivity contribution in [2.75, 3.05) is 23.5 Å². The van der Waals surface area contributed by atoms with Gasteiger partial charge in [0.1, 0.15) is 5.69 Å². The monoisotopic (exact) mass is 473 g/mol. The molecule has 0 radical (unpaired) electrons. The summed E-state index contributed by atoms with van der Waals surface area (Å²) in [7, 11) is -3.26. The zero-order valence-electron chi connectivity index (χ0n) is 17.6. The number of hydrogen-bond donors (Lipinski definition) is 2. The molecule has 1 aromatic heterocycles. The number of benzene rings is 2. The van der Waals surface area contributed by atoms with E-state index in [1.165, 1.54) is 23.5 Å². The molecule has 3 aromatic rings. The van der Waals surface area contributed by atoms with E-state index in [9.17, 15) is 18.0 Å². The fourth-order valence-electron chi connectivity index (χ4n) is 2.62. The predicted molar refractivity (Wildman–Crippen MR) is 125 cm³/mol. The van der Waals surface area contributed by atoms with Crippen LogP contribution in [-0.4, -0.2) is 38.1 Å². The Balaban J connectivity index is 1.58. The lowest BCUT2D eigenvalue weighted by molar-refractivity contribution is 0.0499. The van der Waals surface area contributed by atoms with E-state index in [0.717, 1.165) is 19.1 Å². The molecule has 2 aromatic carbocycles. The number of anilines is 3. The number of esters is 1. The first-order valence-electron chi connectivity index (χ1n) is 9.87. The van der Waals surface area contributed by atoms with Gasteiger partial charge in [0.25, 0.3) is 5.91 Å². The number of sulfone groups is 1. The quantitative estimate of drug-likeness (QED) is 0.347. The predicted octanol–water partition coefficient (Wildman–Crippen LogP) is 4.50. The van der Waals surface area contributed by atoms with Gasteiger partial charge in [-0.15, -0.1) is 11.3 Å². The number of aromatic nitrogens is 1. The van der Waals surface area contributed by atoms with Crippen molar-refractivity contribution < 1.29 is 22.7 Å². The average molecular weight is 474 g/mol. The molecule has 3 rings (SSSR count). The summed E-state index contributed by atoms with van der Waals surface area (Å²) in [5.41, 5.74) is 1.83. The maximum absolute atomic E-state index is 12.5. The second kappa shape index (κ2) is 10.4. The molecule has 32 heavy (non-hydrogen) atoms. The second-order valence-electron chi connectivity index (χ2n) is 6.98. The molecule has 0 spiro atoms. The molecular formula is C22H23N3O5S2. The molecule has 0 unspecified atom stereocenters. The van der Waals surface area contributed by atoms with Crippen LogP contribution < -0.4 is 10.6 Å². The Morgan fingerprint density at radius 3 is 2.31 bits per heavy atom. The first-order chi connectivity index (χ1) is 15.3. The van der Waals surface area contributed by atoms with Crippen LogP contribution in [0.1, 0.15) is 40.6 Å². The number of thiazole rings is 1. The summed E-state index contributed by atoms with van der Waals surface area (Å²) >= 11 is 1.25. The van der Waals surface area contributed by atoms with Crippen molar-refractivity contribution in [2.24, 2.45) is 0 Å². The van der Waals surface area contributed by atoms with Gasteiger partial charge in [0.15, 0.2) is 15.0 Å². The molecule has 0 saturated carbocycles. The van der Waals surface area contributed by atoms with Gasteiger partial charge < -0.3 is 15.4 Å². The third kappa shape index (κ3) is 6.38. The SMILES string of the molecule is CCCCOC(=O)c1ccc(NC(=O)c2csc(Nc3ccc(S(C)(=O)=O)cc3)n2)cc1. The van der Waals surface area contributed by atoms with Crippen LogP contribution in [0.5, 0.6) is 0 Å². The Kier molecular flexibility index (Phi) is 7.60. The van der Waals surface area contributed by atoms with Crippen LogP contribution in [0.4, 0.5) is 16.5 Å². The average Bonchev–Trinajstić information content (AvgIpc) is 3.23. The van der Waals surface area contributed by atoms with Gasteiger partial charge >= 0.3 is 5.97 Å². The molecule has 1 heterocycles. The molecule has 1 amide bonds. The van der Waals surface area contributed by atoms with Gasteiger partial charge in [-0.3, -0.25) is 4.79 Å². The third-order valence-corrected chi connectivity index (χ3v) is 6.27. The molecule has 0 aliphatic carbocycles. The van der Waals surface area contributed by atoms with Crippen LogP contribution in [0, 0.1) is 0 Å². The molecule has 168 valence electrons. The van der Waals surface area contributed by atoms with Crippen molar-refractivity contribution in [3.05, 3.63) is 65.2 Å². The van der Waals surface area contributed by atoms with Crippen LogP contribution >= 0.6 is 11.3 Å². The highest BCUT2D eigenvalue weighted by molar-refractivity contribution is 7.90. The van der Waals surface area contributed by atoms with E-state index in [2.05, 4.69) is 15.6 Å². The lowest BCUT2D eigenvalue weighted by Gasteiger charge is -2.06. The fraction of sp³-hybridized carbons (Fsp3) is 0.227. The van der Waals surface area contributed by atoms with Gasteiger partial charge in [-0.2, -0.15) is 0 Å². The van der Waals surface area contributed by atoms with E-state index in [1.54, 1.807) is 41.8 Å². The van der Waals surface area contributed by atoms with Crippen LogP contribution in [0.25, 0.3) is 0 Å². The Bertz CT molecular complexity index is 1190. The number of ether oxygens (including phenoxy) is 1. The van der Waals surface area contributed by atoms with E-state index < -0.39 is 15.8 Å². The van der Waals surface area contributed by atoms with Crippen molar-refractivity contribution in [3.8, 4) is 0 Å². The molecule has 0 aliphatic rings. The summed E-state index contributed by atoms with van der Waals surface area (Å²) in [6, 6.07) is 12.7. The molecule has 2 N–H and O–H groups in total. The van der Waals surface area contributed by atoms with Gasteiger partial charge in [0.2, 0.25) is 0 Å². The van der Waals surface area contributed by atoms with Crippen molar-refractivity contribution >= 4 is 49.6 Å². The zero-order valence-corrected chi connectivity index (χ0v) is 19.3. The summed E-state index contributed by atoms with van der Waals surface area (Å²) in [6.45, 7) is 2.40. The largest absolute Gasteiger partial charge is 0.462 e. The number of rotatable bonds is 9. The molecular weight excluding hydrogens is 450 g/mol. The summed E-state index contributed by atoms with van der Waals surface area (Å²) in [5.74, 6) is -0.781. The maximum atomic E-state index is 12.5. The van der Waals surface area contributed by atoms with Gasteiger partial charge in [-0.1, -0.05) is 13.3 Å². The maximum Gasteiger partial charge on any atom is 0.338 e. The Hall–Kier alpha value is -3.24. The first kappa shape index (κ1) is 23.4. The Labute approximate surface area is 190 Å². The number of carbonyl (C=O) groups excluding carboxylic acids is 2. The summed E-state index contributed by atoms with van der Waals surface area (Å²) < 4.78 is 28.2. The van der Waals surface area contributed by atoms with Gasteiger partial charge in [-0.05, 0) is 55.0 Å². The number of unbranched alkanes of at least 4 members (excludes halogenated alkanes) is 1. The minimum atomic E-state index is -3.26. The van der Waals surface area contributed by atoms with Gasteiger partial charge in [-0.25, -0.2) is 18.2 Å². The number of hydrogen-bond acceptors (Lipinski definition) is 8. The van der Waals surface area contributed by atoms with Crippen molar-refractivity contribution in [3.63, 3.8) is 0 Å². The van der Waals surface area contributed by atoms with Crippen molar-refractivity contribution in [1.82, 2.24) is 4.98 Å². The number of nitrogens with one attached hydrogen (secondary N) is 2. The summed E-state index contributed by atoms with van der Waals surface area (Å²) in [5, 5.41) is 7.89. The van der Waals surface area contributed by atoms with E-state index in [4.69, 9.17) is 4.74 Å². The van der Waals surface area contributed by atoms with E-state index in [-0.39, 0.29) is 16.5 Å². The van der Waals surface area contributed by atoms with Crippen molar-refractivity contribution in [1.29, 1.82) is 0 Å². The van der Waals surface area contributed by atoms with Crippen LogP contribution in [-0.2, 0) is 14.6 Å². The van der Waals surface area contributed by atoms with Gasteiger partial charge in [0.05, 0.1) is 17.1 Å². The van der Waals surface area contributed by atoms with E-state index in [0.29, 0.717) is 28.7 Å². The molecule has 10 heteroatoms. The molecule has 0 atom stereocenters. The summed E-state index contributed by atoms with van der Waals surface area (Å²) in [6.07, 6.45) is 2.91. The lowest BCUT2D eigenvalue weighted by Crippen LogP contribution is -2.13. The molecule has 0 fully saturated rings. The van der Waals surface area contributed by atoms with Crippen LogP contribution in [0.3, 0.4) is 0 Å². The lowest BCUT2D eigenvalue weighted by atomic mass is 10.2. The standard InChI is InChI=1S/C22H23N3O5S2/c1-3-4-13-30-21(27)15-5-7-16(8-6-15)23-20(26)19-14-31-22(25-19)24-17-9-11-18(12-10-17)32(2,28)29/h5-12,14H,3-4,13H2,1-2H3,(H,23,26)(H,24,25). The molecule has 0 saturated heterocycles. The van der Waals surface area contributed by atoms with E-state index in [1.807, 2.05) is 6.92 Å². The topological polar surface area (TPSA) is 114 Å². The normalized spacial score (nSPS) is 11.1. The fourth-order valence-corrected chi connectivity index (χ4v) is 3.96. The van der Waals surface area contributed by atoms with Crippen LogP contribution in [0.2, 0.25) is 0 Å². The Morgan fingerprint density at radius 1 is 1.03 bits per heavy atom. The Morgan fingerprint density at radius 2 is 1.69 bits per heavy atom. The van der Waals surface area contributed by atoms with Crippen molar-refractivity contribution in [2.45, 2.75) is 24.7 Å². The first-order valence-corrected chi connectivity index (χ1v) is 12.6. The summed E-state index contributed by atoms with van der Waals surface area (Å²) in [4.78, 5) is 28.9. The van der Waals surface area contributed by atoms with Gasteiger partial charge in [0, 0.05) is 23.0 Å². The highest BCUT2D eigenvalue weighted by Crippen LogP contribution is 2.23. The van der Waals surface area contributed by atoms with Crippen LogP contribution in [0.15, 0.2) is 58.8 Å². The minimum Gasteiger partial charge on any atom is -0.462 e. The minimum absolute atomic E-state index is 0.225.